The molecule has 0 amide bonds. The summed E-state index contributed by atoms with van der Waals surface area (Å²) in [5.74, 6) is 0. The van der Waals surface area contributed by atoms with Gasteiger partial charge in [0, 0.05) is 0 Å². The van der Waals surface area contributed by atoms with Crippen molar-refractivity contribution in [2.75, 3.05) is 0 Å². The van der Waals surface area contributed by atoms with Crippen molar-refractivity contribution in [2.24, 2.45) is 0 Å². The van der Waals surface area contributed by atoms with Crippen molar-refractivity contribution < 1.29 is 18.3 Å². The standard InChI is InChI=1S/C10H11F3O/c1-6-3-4-8(7(2)5-6)9(14)10(11,12)13/h3-5,9,14H,1-2H3/t9-/m1/s1. The molecule has 1 nitrogen and oxygen atoms in total. The highest BCUT2D eigenvalue weighted by molar-refractivity contribution is 5.32. The fraction of sp³-hybridized carbons (Fsp3) is 0.400. The van der Waals surface area contributed by atoms with Gasteiger partial charge >= 0.3 is 6.18 Å². The Kier molecular flexibility index (Phi) is 2.85. The molecule has 0 bridgehead atoms. The second-order valence-electron chi connectivity index (χ2n) is 3.30. The van der Waals surface area contributed by atoms with Gasteiger partial charge in [0.1, 0.15) is 0 Å². The van der Waals surface area contributed by atoms with Crippen LogP contribution in [0.3, 0.4) is 0 Å². The number of aliphatic hydroxyl groups excluding tert-OH is 1. The maximum Gasteiger partial charge on any atom is 0.418 e. The van der Waals surface area contributed by atoms with E-state index in [0.29, 0.717) is 5.56 Å². The summed E-state index contributed by atoms with van der Waals surface area (Å²) in [7, 11) is 0. The molecule has 4 heteroatoms. The summed E-state index contributed by atoms with van der Waals surface area (Å²) in [6.45, 7) is 3.34. The monoisotopic (exact) mass is 204 g/mol. The zero-order valence-electron chi connectivity index (χ0n) is 7.89. The molecule has 1 N–H and O–H groups in total. The molecular formula is C10H11F3O. The number of rotatable bonds is 1. The van der Waals surface area contributed by atoms with Gasteiger partial charge in [-0.2, -0.15) is 13.2 Å². The molecule has 0 aliphatic rings. The first kappa shape index (κ1) is 11.0. The number of hydrogen-bond donors (Lipinski definition) is 1. The summed E-state index contributed by atoms with van der Waals surface area (Å²) in [6.07, 6.45) is -6.98. The van der Waals surface area contributed by atoms with Crippen LogP contribution in [0.15, 0.2) is 18.2 Å². The van der Waals surface area contributed by atoms with Gasteiger partial charge in [0.25, 0.3) is 0 Å². The Bertz CT molecular complexity index is 331. The van der Waals surface area contributed by atoms with E-state index >= 15 is 0 Å². The van der Waals surface area contributed by atoms with Crippen molar-refractivity contribution in [3.8, 4) is 0 Å². The first-order valence-corrected chi connectivity index (χ1v) is 4.14. The van der Waals surface area contributed by atoms with Crippen LogP contribution in [0.5, 0.6) is 0 Å². The van der Waals surface area contributed by atoms with Crippen molar-refractivity contribution in [1.29, 1.82) is 0 Å². The van der Waals surface area contributed by atoms with E-state index in [1.165, 1.54) is 6.07 Å². The van der Waals surface area contributed by atoms with Crippen molar-refractivity contribution in [3.63, 3.8) is 0 Å². The van der Waals surface area contributed by atoms with Crippen molar-refractivity contribution in [3.05, 3.63) is 34.9 Å². The fourth-order valence-electron chi connectivity index (χ4n) is 1.31. The van der Waals surface area contributed by atoms with Gasteiger partial charge in [0.05, 0.1) is 0 Å². The summed E-state index contributed by atoms with van der Waals surface area (Å²) >= 11 is 0. The minimum absolute atomic E-state index is 0.0805. The maximum absolute atomic E-state index is 12.2. The molecule has 0 heterocycles. The van der Waals surface area contributed by atoms with E-state index in [9.17, 15) is 13.2 Å². The molecule has 1 atom stereocenters. The molecule has 0 spiro atoms. The van der Waals surface area contributed by atoms with Gasteiger partial charge in [-0.3, -0.25) is 0 Å². The van der Waals surface area contributed by atoms with Crippen molar-refractivity contribution in [2.45, 2.75) is 26.1 Å². The smallest absolute Gasteiger partial charge is 0.379 e. The van der Waals surface area contributed by atoms with Crippen LogP contribution in [0.2, 0.25) is 0 Å². The quantitative estimate of drug-likeness (QED) is 0.745. The van der Waals surface area contributed by atoms with E-state index in [0.717, 1.165) is 5.56 Å². The Morgan fingerprint density at radius 3 is 2.21 bits per heavy atom. The normalized spacial score (nSPS) is 14.1. The third-order valence-electron chi connectivity index (χ3n) is 2.03. The molecule has 0 saturated carbocycles. The van der Waals surface area contributed by atoms with Crippen LogP contribution in [-0.2, 0) is 0 Å². The van der Waals surface area contributed by atoms with Gasteiger partial charge in [-0.1, -0.05) is 23.8 Å². The van der Waals surface area contributed by atoms with Crippen LogP contribution >= 0.6 is 0 Å². The zero-order valence-corrected chi connectivity index (χ0v) is 7.89. The lowest BCUT2D eigenvalue weighted by Gasteiger charge is -2.17. The summed E-state index contributed by atoms with van der Waals surface area (Å²) in [4.78, 5) is 0. The highest BCUT2D eigenvalue weighted by Crippen LogP contribution is 2.33. The molecule has 1 aromatic rings. The van der Waals surface area contributed by atoms with Gasteiger partial charge in [-0.05, 0) is 25.0 Å². The molecular weight excluding hydrogens is 193 g/mol. The largest absolute Gasteiger partial charge is 0.418 e. The number of aliphatic hydroxyl groups is 1. The summed E-state index contributed by atoms with van der Waals surface area (Å²) in [6, 6.07) is 4.48. The highest BCUT2D eigenvalue weighted by atomic mass is 19.4. The Morgan fingerprint density at radius 2 is 1.79 bits per heavy atom. The molecule has 0 radical (unpaired) electrons. The lowest BCUT2D eigenvalue weighted by Crippen LogP contribution is -2.21. The lowest BCUT2D eigenvalue weighted by atomic mass is 10.0. The SMILES string of the molecule is Cc1ccc([C@@H](O)C(F)(F)F)c(C)c1. The fourth-order valence-corrected chi connectivity index (χ4v) is 1.31. The van der Waals surface area contributed by atoms with Crippen molar-refractivity contribution >= 4 is 0 Å². The third kappa shape index (κ3) is 2.26. The molecule has 14 heavy (non-hydrogen) atoms. The molecule has 0 aromatic heterocycles. The van der Waals surface area contributed by atoms with E-state index in [1.54, 1.807) is 26.0 Å². The lowest BCUT2D eigenvalue weighted by molar-refractivity contribution is -0.206. The number of halogens is 3. The zero-order chi connectivity index (χ0) is 10.9. The van der Waals surface area contributed by atoms with Gasteiger partial charge in [-0.25, -0.2) is 0 Å². The predicted octanol–water partition coefficient (Wildman–Crippen LogP) is 2.90. The third-order valence-corrected chi connectivity index (χ3v) is 2.03. The van der Waals surface area contributed by atoms with Crippen LogP contribution in [0, 0.1) is 13.8 Å². The topological polar surface area (TPSA) is 20.2 Å². The Hall–Kier alpha value is -1.03. The molecule has 1 rings (SSSR count). The van der Waals surface area contributed by atoms with E-state index < -0.39 is 12.3 Å². The molecule has 0 aliphatic carbocycles. The average molecular weight is 204 g/mol. The van der Waals surface area contributed by atoms with Crippen molar-refractivity contribution in [1.82, 2.24) is 0 Å². The highest BCUT2D eigenvalue weighted by Gasteiger charge is 2.39. The van der Waals surface area contributed by atoms with Crippen LogP contribution in [0.25, 0.3) is 0 Å². The molecule has 0 unspecified atom stereocenters. The average Bonchev–Trinajstić information content (AvgIpc) is 2.01. The maximum atomic E-state index is 12.2. The second-order valence-corrected chi connectivity index (χ2v) is 3.30. The Morgan fingerprint density at radius 1 is 1.21 bits per heavy atom. The summed E-state index contributed by atoms with van der Waals surface area (Å²) in [5, 5.41) is 9.00. The first-order chi connectivity index (χ1) is 6.32. The molecule has 0 saturated heterocycles. The van der Waals surface area contributed by atoms with Gasteiger partial charge < -0.3 is 5.11 Å². The summed E-state index contributed by atoms with van der Waals surface area (Å²) < 4.78 is 36.5. The molecule has 78 valence electrons. The number of hydrogen-bond acceptors (Lipinski definition) is 1. The van der Waals surface area contributed by atoms with Crippen LogP contribution in [0.4, 0.5) is 13.2 Å². The minimum atomic E-state index is -4.60. The molecule has 0 fully saturated rings. The van der Waals surface area contributed by atoms with E-state index in [4.69, 9.17) is 5.11 Å². The molecule has 0 aliphatic heterocycles. The second kappa shape index (κ2) is 3.61. The number of benzene rings is 1. The number of alkyl halides is 3. The summed E-state index contributed by atoms with van der Waals surface area (Å²) in [5.41, 5.74) is 1.25. The molecule has 1 aromatic carbocycles. The van der Waals surface area contributed by atoms with Crippen LogP contribution < -0.4 is 0 Å². The van der Waals surface area contributed by atoms with E-state index in [-0.39, 0.29) is 5.56 Å². The van der Waals surface area contributed by atoms with Gasteiger partial charge in [-0.15, -0.1) is 0 Å². The Balaban J connectivity index is 3.08. The van der Waals surface area contributed by atoms with E-state index in [1.807, 2.05) is 0 Å². The minimum Gasteiger partial charge on any atom is -0.379 e. The van der Waals surface area contributed by atoms with Gasteiger partial charge in [0.2, 0.25) is 0 Å². The van der Waals surface area contributed by atoms with Gasteiger partial charge in [0.15, 0.2) is 6.10 Å². The first-order valence-electron chi connectivity index (χ1n) is 4.14. The van der Waals surface area contributed by atoms with Crippen LogP contribution in [-0.4, -0.2) is 11.3 Å². The number of aryl methyl sites for hydroxylation is 2. The Labute approximate surface area is 80.2 Å². The van der Waals surface area contributed by atoms with Crippen LogP contribution in [0.1, 0.15) is 22.8 Å². The van der Waals surface area contributed by atoms with E-state index in [2.05, 4.69) is 0 Å². The predicted molar refractivity (Wildman–Crippen MR) is 46.9 cm³/mol.